The van der Waals surface area contributed by atoms with E-state index in [4.69, 9.17) is 0 Å². The van der Waals surface area contributed by atoms with E-state index in [-0.39, 0.29) is 0 Å². The zero-order valence-corrected chi connectivity index (χ0v) is 13.1. The van der Waals surface area contributed by atoms with E-state index in [0.29, 0.717) is 5.92 Å². The van der Waals surface area contributed by atoms with Crippen molar-refractivity contribution in [3.05, 3.63) is 33.8 Å². The van der Waals surface area contributed by atoms with Crippen LogP contribution in [0.15, 0.2) is 22.7 Å². The Morgan fingerprint density at radius 1 is 1.33 bits per heavy atom. The topological polar surface area (TPSA) is 12.0 Å². The molecule has 2 rings (SSSR count). The van der Waals surface area contributed by atoms with Gasteiger partial charge in [0.1, 0.15) is 0 Å². The van der Waals surface area contributed by atoms with Crippen LogP contribution in [0.1, 0.15) is 50.2 Å². The molecule has 1 N–H and O–H groups in total. The molecule has 1 aromatic carbocycles. The van der Waals surface area contributed by atoms with E-state index < -0.39 is 0 Å². The maximum absolute atomic E-state index is 3.74. The summed E-state index contributed by atoms with van der Waals surface area (Å²) in [5, 5.41) is 3.43. The summed E-state index contributed by atoms with van der Waals surface area (Å²) >= 11 is 3.74. The van der Waals surface area contributed by atoms with E-state index in [1.54, 1.807) is 0 Å². The van der Waals surface area contributed by atoms with Crippen molar-refractivity contribution in [3.8, 4) is 0 Å². The number of halogens is 1. The first-order valence-electron chi connectivity index (χ1n) is 7.19. The summed E-state index contributed by atoms with van der Waals surface area (Å²) in [6, 6.07) is 6.98. The molecule has 0 bridgehead atoms. The van der Waals surface area contributed by atoms with Gasteiger partial charge in [-0.05, 0) is 67.8 Å². The summed E-state index contributed by atoms with van der Waals surface area (Å²) in [5.74, 6) is 1.51. The van der Waals surface area contributed by atoms with Crippen molar-refractivity contribution in [2.75, 3.05) is 13.1 Å². The monoisotopic (exact) mass is 309 g/mol. The van der Waals surface area contributed by atoms with Crippen LogP contribution < -0.4 is 5.32 Å². The van der Waals surface area contributed by atoms with Crippen LogP contribution in [0, 0.1) is 5.92 Å². The molecule has 2 heteroatoms. The molecule has 1 aromatic rings. The lowest BCUT2D eigenvalue weighted by atomic mass is 9.89. The molecule has 100 valence electrons. The van der Waals surface area contributed by atoms with E-state index >= 15 is 0 Å². The molecule has 0 saturated carbocycles. The fourth-order valence-corrected chi connectivity index (χ4v) is 3.55. The predicted octanol–water partition coefficient (Wildman–Crippen LogP) is 4.50. The number of rotatable bonds is 4. The standard InChI is InChI=1S/C16H24BrN/c1-3-12(2)15-5-4-14(11-16(15)17)10-13-6-8-18-9-7-13/h4-5,11-13,18H,3,6-10H2,1-2H3. The Morgan fingerprint density at radius 3 is 2.67 bits per heavy atom. The maximum Gasteiger partial charge on any atom is 0.0212 e. The second-order valence-corrected chi connectivity index (χ2v) is 6.42. The molecule has 0 radical (unpaired) electrons. The van der Waals surface area contributed by atoms with Crippen molar-refractivity contribution < 1.29 is 0 Å². The number of benzene rings is 1. The number of piperidine rings is 1. The van der Waals surface area contributed by atoms with Gasteiger partial charge in [0.05, 0.1) is 0 Å². The Morgan fingerprint density at radius 2 is 2.06 bits per heavy atom. The van der Waals surface area contributed by atoms with Crippen LogP contribution >= 0.6 is 15.9 Å². The third-order valence-electron chi connectivity index (χ3n) is 4.19. The highest BCUT2D eigenvalue weighted by Gasteiger charge is 2.14. The van der Waals surface area contributed by atoms with Crippen molar-refractivity contribution in [1.82, 2.24) is 5.32 Å². The van der Waals surface area contributed by atoms with Crippen LogP contribution in [0.2, 0.25) is 0 Å². The molecule has 1 aliphatic rings. The minimum atomic E-state index is 0.646. The van der Waals surface area contributed by atoms with Crippen molar-refractivity contribution in [2.45, 2.75) is 45.4 Å². The molecule has 1 heterocycles. The van der Waals surface area contributed by atoms with Crippen molar-refractivity contribution in [3.63, 3.8) is 0 Å². The lowest BCUT2D eigenvalue weighted by Crippen LogP contribution is -2.28. The lowest BCUT2D eigenvalue weighted by Gasteiger charge is -2.23. The summed E-state index contributed by atoms with van der Waals surface area (Å²) < 4.78 is 1.29. The van der Waals surface area contributed by atoms with Gasteiger partial charge in [0.15, 0.2) is 0 Å². The molecule has 18 heavy (non-hydrogen) atoms. The van der Waals surface area contributed by atoms with E-state index in [2.05, 4.69) is 53.3 Å². The summed E-state index contributed by atoms with van der Waals surface area (Å²) in [7, 11) is 0. The van der Waals surface area contributed by atoms with Crippen molar-refractivity contribution >= 4 is 15.9 Å². The highest BCUT2D eigenvalue weighted by Crippen LogP contribution is 2.29. The van der Waals surface area contributed by atoms with E-state index in [1.807, 2.05) is 0 Å². The molecular weight excluding hydrogens is 286 g/mol. The van der Waals surface area contributed by atoms with E-state index in [9.17, 15) is 0 Å². The zero-order chi connectivity index (χ0) is 13.0. The number of hydrogen-bond acceptors (Lipinski definition) is 1. The number of nitrogens with one attached hydrogen (secondary N) is 1. The van der Waals surface area contributed by atoms with Crippen LogP contribution in [0.25, 0.3) is 0 Å². The van der Waals surface area contributed by atoms with Crippen molar-refractivity contribution in [1.29, 1.82) is 0 Å². The predicted molar refractivity (Wildman–Crippen MR) is 82.1 cm³/mol. The molecular formula is C16H24BrN. The molecule has 0 spiro atoms. The summed E-state index contributed by atoms with van der Waals surface area (Å²) in [4.78, 5) is 0. The molecule has 0 amide bonds. The Kier molecular flexibility index (Phi) is 5.25. The Hall–Kier alpha value is -0.340. The van der Waals surface area contributed by atoms with Gasteiger partial charge in [0, 0.05) is 4.47 Å². The largest absolute Gasteiger partial charge is 0.317 e. The Balaban J connectivity index is 2.03. The first-order chi connectivity index (χ1) is 8.70. The first kappa shape index (κ1) is 14.1. The van der Waals surface area contributed by atoms with Crippen LogP contribution in [-0.4, -0.2) is 13.1 Å². The average Bonchev–Trinajstić information content (AvgIpc) is 2.39. The van der Waals surface area contributed by atoms with E-state index in [1.165, 1.54) is 54.4 Å². The van der Waals surface area contributed by atoms with E-state index in [0.717, 1.165) is 5.92 Å². The summed E-state index contributed by atoms with van der Waals surface area (Å²) in [6.07, 6.45) is 5.09. The molecule has 0 aliphatic carbocycles. The molecule has 1 unspecified atom stereocenters. The van der Waals surface area contributed by atoms with Gasteiger partial charge in [-0.25, -0.2) is 0 Å². The van der Waals surface area contributed by atoms with Crippen molar-refractivity contribution in [2.24, 2.45) is 5.92 Å². The summed E-state index contributed by atoms with van der Waals surface area (Å²) in [6.45, 7) is 6.93. The third kappa shape index (κ3) is 3.58. The van der Waals surface area contributed by atoms with Crippen LogP contribution in [-0.2, 0) is 6.42 Å². The SMILES string of the molecule is CCC(C)c1ccc(CC2CCNCC2)cc1Br. The highest BCUT2D eigenvalue weighted by molar-refractivity contribution is 9.10. The van der Waals surface area contributed by atoms with Crippen LogP contribution in [0.4, 0.5) is 0 Å². The first-order valence-corrected chi connectivity index (χ1v) is 7.99. The second-order valence-electron chi connectivity index (χ2n) is 5.56. The molecule has 0 aromatic heterocycles. The zero-order valence-electron chi connectivity index (χ0n) is 11.5. The van der Waals surface area contributed by atoms with Gasteiger partial charge < -0.3 is 5.32 Å². The fraction of sp³-hybridized carbons (Fsp3) is 0.625. The highest BCUT2D eigenvalue weighted by atomic mass is 79.9. The van der Waals surface area contributed by atoms with Crippen LogP contribution in [0.5, 0.6) is 0 Å². The molecule has 1 fully saturated rings. The molecule has 1 saturated heterocycles. The molecule has 1 aliphatic heterocycles. The van der Waals surface area contributed by atoms with Gasteiger partial charge >= 0.3 is 0 Å². The second kappa shape index (κ2) is 6.72. The van der Waals surface area contributed by atoms with Gasteiger partial charge in [-0.15, -0.1) is 0 Å². The van der Waals surface area contributed by atoms with Gasteiger partial charge in [-0.3, -0.25) is 0 Å². The fourth-order valence-electron chi connectivity index (χ4n) is 2.74. The smallest absolute Gasteiger partial charge is 0.0212 e. The maximum atomic E-state index is 3.74. The molecule has 1 atom stereocenters. The van der Waals surface area contributed by atoms with Gasteiger partial charge in [0.25, 0.3) is 0 Å². The van der Waals surface area contributed by atoms with Gasteiger partial charge in [0.2, 0.25) is 0 Å². The lowest BCUT2D eigenvalue weighted by molar-refractivity contribution is 0.372. The van der Waals surface area contributed by atoms with Gasteiger partial charge in [-0.1, -0.05) is 41.9 Å². The minimum absolute atomic E-state index is 0.646. The van der Waals surface area contributed by atoms with Gasteiger partial charge in [-0.2, -0.15) is 0 Å². The Bertz CT molecular complexity index is 383. The summed E-state index contributed by atoms with van der Waals surface area (Å²) in [5.41, 5.74) is 2.94. The molecule has 1 nitrogen and oxygen atoms in total. The Labute approximate surface area is 119 Å². The average molecular weight is 310 g/mol. The quantitative estimate of drug-likeness (QED) is 0.863. The third-order valence-corrected chi connectivity index (χ3v) is 4.88. The van der Waals surface area contributed by atoms with Crippen LogP contribution in [0.3, 0.4) is 0 Å². The minimum Gasteiger partial charge on any atom is -0.317 e. The number of hydrogen-bond donors (Lipinski definition) is 1. The normalized spacial score (nSPS) is 18.8.